The summed E-state index contributed by atoms with van der Waals surface area (Å²) in [6, 6.07) is 0.831. The second kappa shape index (κ2) is 1.75. The molecule has 3 saturated carbocycles. The third-order valence-corrected chi connectivity index (χ3v) is 5.66. The largest absolute Gasteiger partial charge is 0.317 e. The summed E-state index contributed by atoms with van der Waals surface area (Å²) in [5.41, 5.74) is 1.55. The zero-order valence-electron chi connectivity index (χ0n) is 8.35. The summed E-state index contributed by atoms with van der Waals surface area (Å²) < 4.78 is 0. The minimum Gasteiger partial charge on any atom is -0.317 e. The Bertz CT molecular complexity index is 237. The topological polar surface area (TPSA) is 12.0 Å². The van der Waals surface area contributed by atoms with Gasteiger partial charge in [0.2, 0.25) is 0 Å². The predicted octanol–water partition coefficient (Wildman–Crippen LogP) is 2.03. The molecule has 4 unspecified atom stereocenters. The molecule has 0 aliphatic heterocycles. The summed E-state index contributed by atoms with van der Waals surface area (Å²) in [6.45, 7) is 5.03. The van der Waals surface area contributed by atoms with Gasteiger partial charge in [0.15, 0.2) is 0 Å². The van der Waals surface area contributed by atoms with Crippen molar-refractivity contribution in [1.82, 2.24) is 5.32 Å². The molecule has 0 bridgehead atoms. The standard InChI is InChI=1S/C11H19N/c1-10-6-7-4-8(12-3)5-9(10)11(7,10)2/h7-9,12H,4-6H2,1-3H3/t7?,8-,9?,10?,11?/m1/s1. The Labute approximate surface area is 74.9 Å². The monoisotopic (exact) mass is 165 g/mol. The second-order valence-electron chi connectivity index (χ2n) is 5.61. The van der Waals surface area contributed by atoms with Gasteiger partial charge in [-0.05, 0) is 49.0 Å². The van der Waals surface area contributed by atoms with E-state index in [2.05, 4.69) is 26.2 Å². The number of hydrogen-bond acceptors (Lipinski definition) is 1. The molecule has 1 nitrogen and oxygen atoms in total. The molecule has 1 heteroatoms. The fourth-order valence-corrected chi connectivity index (χ4v) is 4.52. The number of fused-ring (bicyclic) bond motifs is 1. The first-order valence-corrected chi connectivity index (χ1v) is 5.30. The summed E-state index contributed by atoms with van der Waals surface area (Å²) in [4.78, 5) is 0. The van der Waals surface area contributed by atoms with Crippen LogP contribution in [0.4, 0.5) is 0 Å². The lowest BCUT2D eigenvalue weighted by Gasteiger charge is -2.42. The Balaban J connectivity index is 1.86. The van der Waals surface area contributed by atoms with Crippen LogP contribution in [0.1, 0.15) is 33.1 Å². The van der Waals surface area contributed by atoms with Crippen molar-refractivity contribution in [3.8, 4) is 0 Å². The van der Waals surface area contributed by atoms with E-state index in [4.69, 9.17) is 0 Å². The number of nitrogens with one attached hydrogen (secondary N) is 1. The van der Waals surface area contributed by atoms with Crippen LogP contribution >= 0.6 is 0 Å². The normalized spacial score (nSPS) is 66.8. The Morgan fingerprint density at radius 3 is 2.58 bits per heavy atom. The van der Waals surface area contributed by atoms with Gasteiger partial charge in [0.05, 0.1) is 0 Å². The Morgan fingerprint density at radius 2 is 2.00 bits per heavy atom. The zero-order chi connectivity index (χ0) is 8.56. The predicted molar refractivity (Wildman–Crippen MR) is 49.9 cm³/mol. The van der Waals surface area contributed by atoms with E-state index in [9.17, 15) is 0 Å². The summed E-state index contributed by atoms with van der Waals surface area (Å²) in [5.74, 6) is 2.11. The first-order valence-electron chi connectivity index (χ1n) is 5.30. The van der Waals surface area contributed by atoms with Crippen LogP contribution in [0, 0.1) is 22.7 Å². The van der Waals surface area contributed by atoms with Crippen molar-refractivity contribution in [3.05, 3.63) is 0 Å². The minimum atomic E-state index is 0.767. The Hall–Kier alpha value is -0.0400. The van der Waals surface area contributed by atoms with E-state index < -0.39 is 0 Å². The molecule has 0 aromatic carbocycles. The van der Waals surface area contributed by atoms with Gasteiger partial charge >= 0.3 is 0 Å². The lowest BCUT2D eigenvalue weighted by atomic mass is 9.64. The molecule has 0 spiro atoms. The van der Waals surface area contributed by atoms with Crippen LogP contribution in [0.2, 0.25) is 0 Å². The van der Waals surface area contributed by atoms with E-state index in [1.165, 1.54) is 19.3 Å². The van der Waals surface area contributed by atoms with Crippen molar-refractivity contribution in [3.63, 3.8) is 0 Å². The third kappa shape index (κ3) is 0.501. The van der Waals surface area contributed by atoms with Crippen LogP contribution in [0.15, 0.2) is 0 Å². The molecule has 68 valence electrons. The summed E-state index contributed by atoms with van der Waals surface area (Å²) in [5, 5.41) is 3.45. The van der Waals surface area contributed by atoms with Crippen molar-refractivity contribution in [2.24, 2.45) is 22.7 Å². The maximum atomic E-state index is 3.45. The van der Waals surface area contributed by atoms with E-state index >= 15 is 0 Å². The fourth-order valence-electron chi connectivity index (χ4n) is 4.52. The fraction of sp³-hybridized carbons (Fsp3) is 1.00. The molecule has 0 radical (unpaired) electrons. The molecular formula is C11H19N. The van der Waals surface area contributed by atoms with E-state index in [0.717, 1.165) is 28.7 Å². The first-order chi connectivity index (χ1) is 5.63. The summed E-state index contributed by atoms with van der Waals surface area (Å²) in [6.07, 6.45) is 4.41. The van der Waals surface area contributed by atoms with Crippen LogP contribution in [-0.4, -0.2) is 13.1 Å². The van der Waals surface area contributed by atoms with Gasteiger partial charge in [-0.15, -0.1) is 0 Å². The third-order valence-electron chi connectivity index (χ3n) is 5.66. The Kier molecular flexibility index (Phi) is 1.07. The van der Waals surface area contributed by atoms with Crippen molar-refractivity contribution in [1.29, 1.82) is 0 Å². The van der Waals surface area contributed by atoms with Crippen LogP contribution in [0.25, 0.3) is 0 Å². The SMILES string of the molecule is CN[C@@H]1CC2CC3(C)C(C1)C23C. The molecule has 3 aliphatic rings. The summed E-state index contributed by atoms with van der Waals surface area (Å²) in [7, 11) is 2.12. The van der Waals surface area contributed by atoms with Gasteiger partial charge in [-0.25, -0.2) is 0 Å². The average Bonchev–Trinajstić information content (AvgIpc) is 2.53. The highest BCUT2D eigenvalue weighted by atomic mass is 14.9. The molecule has 0 aromatic heterocycles. The Morgan fingerprint density at radius 1 is 1.25 bits per heavy atom. The van der Waals surface area contributed by atoms with Crippen LogP contribution in [0.5, 0.6) is 0 Å². The quantitative estimate of drug-likeness (QED) is 0.627. The highest BCUT2D eigenvalue weighted by Gasteiger charge is 2.82. The van der Waals surface area contributed by atoms with E-state index in [1.54, 1.807) is 0 Å². The molecule has 0 aromatic rings. The van der Waals surface area contributed by atoms with Gasteiger partial charge in [0.25, 0.3) is 0 Å². The lowest BCUT2D eigenvalue weighted by molar-refractivity contribution is 0.0775. The minimum absolute atomic E-state index is 0.767. The van der Waals surface area contributed by atoms with Crippen LogP contribution in [-0.2, 0) is 0 Å². The van der Waals surface area contributed by atoms with Crippen molar-refractivity contribution in [2.45, 2.75) is 39.2 Å². The van der Waals surface area contributed by atoms with Crippen molar-refractivity contribution in [2.75, 3.05) is 7.05 Å². The van der Waals surface area contributed by atoms with Gasteiger partial charge in [-0.2, -0.15) is 0 Å². The van der Waals surface area contributed by atoms with Gasteiger partial charge < -0.3 is 5.32 Å². The van der Waals surface area contributed by atoms with Crippen LogP contribution in [0.3, 0.4) is 0 Å². The molecule has 1 N–H and O–H groups in total. The van der Waals surface area contributed by atoms with Crippen LogP contribution < -0.4 is 5.32 Å². The zero-order valence-corrected chi connectivity index (χ0v) is 8.35. The molecular weight excluding hydrogens is 146 g/mol. The number of rotatable bonds is 1. The van der Waals surface area contributed by atoms with Gasteiger partial charge in [-0.1, -0.05) is 13.8 Å². The molecule has 0 saturated heterocycles. The first kappa shape index (κ1) is 7.37. The maximum Gasteiger partial charge on any atom is 0.00699 e. The molecule has 5 atom stereocenters. The molecule has 0 amide bonds. The number of hydrogen-bond donors (Lipinski definition) is 1. The second-order valence-corrected chi connectivity index (χ2v) is 5.61. The average molecular weight is 165 g/mol. The molecule has 3 fully saturated rings. The molecule has 12 heavy (non-hydrogen) atoms. The molecule has 3 rings (SSSR count). The summed E-state index contributed by atoms with van der Waals surface area (Å²) >= 11 is 0. The highest BCUT2D eigenvalue weighted by Crippen LogP contribution is 2.87. The van der Waals surface area contributed by atoms with E-state index in [0.29, 0.717) is 0 Å². The van der Waals surface area contributed by atoms with E-state index in [-0.39, 0.29) is 0 Å². The lowest BCUT2D eigenvalue weighted by Crippen LogP contribution is -2.39. The van der Waals surface area contributed by atoms with Gasteiger partial charge in [-0.3, -0.25) is 0 Å². The smallest absolute Gasteiger partial charge is 0.00699 e. The maximum absolute atomic E-state index is 3.45. The van der Waals surface area contributed by atoms with Gasteiger partial charge in [0, 0.05) is 6.04 Å². The van der Waals surface area contributed by atoms with Gasteiger partial charge in [0.1, 0.15) is 0 Å². The van der Waals surface area contributed by atoms with Crippen molar-refractivity contribution < 1.29 is 0 Å². The van der Waals surface area contributed by atoms with Crippen molar-refractivity contribution >= 4 is 0 Å². The van der Waals surface area contributed by atoms with E-state index in [1.807, 2.05) is 0 Å². The highest BCUT2D eigenvalue weighted by molar-refractivity contribution is 5.30. The molecule has 0 heterocycles. The molecule has 3 aliphatic carbocycles.